The van der Waals surface area contributed by atoms with E-state index in [-0.39, 0.29) is 5.41 Å². The number of hydrogen-bond donors (Lipinski definition) is 1. The monoisotopic (exact) mass is 315 g/mol. The highest BCUT2D eigenvalue weighted by Crippen LogP contribution is 2.32. The van der Waals surface area contributed by atoms with Gasteiger partial charge in [0.15, 0.2) is 11.9 Å². The Morgan fingerprint density at radius 3 is 2.65 bits per heavy atom. The van der Waals surface area contributed by atoms with Gasteiger partial charge in [-0.05, 0) is 22.0 Å². The number of aliphatic hydroxyl groups excluding tert-OH is 1. The third-order valence-corrected chi connectivity index (χ3v) is 4.28. The van der Waals surface area contributed by atoms with Crippen LogP contribution in [0, 0.1) is 0 Å². The van der Waals surface area contributed by atoms with Crippen molar-refractivity contribution >= 4 is 27.3 Å². The minimum absolute atomic E-state index is 0.00301. The molecule has 92 valence electrons. The number of thiazole rings is 1. The summed E-state index contributed by atoms with van der Waals surface area (Å²) in [5, 5.41) is 13.0. The van der Waals surface area contributed by atoms with Crippen molar-refractivity contribution < 1.29 is 9.52 Å². The Bertz CT molecular complexity index is 513. The summed E-state index contributed by atoms with van der Waals surface area (Å²) < 4.78 is 6.00. The second-order valence-corrected chi connectivity index (χ2v) is 6.58. The van der Waals surface area contributed by atoms with Crippen molar-refractivity contribution in [1.82, 2.24) is 4.98 Å². The van der Waals surface area contributed by atoms with Gasteiger partial charge in [0, 0.05) is 10.8 Å². The minimum atomic E-state index is -0.813. The van der Waals surface area contributed by atoms with Crippen LogP contribution in [0.2, 0.25) is 0 Å². The summed E-state index contributed by atoms with van der Waals surface area (Å²) in [5.74, 6) is 0.496. The zero-order valence-electron chi connectivity index (χ0n) is 9.90. The predicted octanol–water partition coefficient (Wildman–Crippen LogP) is 3.88. The van der Waals surface area contributed by atoms with Crippen molar-refractivity contribution in [1.29, 1.82) is 0 Å². The first-order valence-corrected chi connectivity index (χ1v) is 6.93. The van der Waals surface area contributed by atoms with E-state index in [1.807, 2.05) is 5.38 Å². The van der Waals surface area contributed by atoms with Crippen LogP contribution in [-0.4, -0.2) is 10.1 Å². The van der Waals surface area contributed by atoms with Crippen LogP contribution in [0.15, 0.2) is 26.6 Å². The molecule has 0 fully saturated rings. The lowest BCUT2D eigenvalue weighted by Gasteiger charge is -2.14. The molecule has 1 N–H and O–H groups in total. The van der Waals surface area contributed by atoms with Gasteiger partial charge in [0.05, 0.1) is 21.4 Å². The van der Waals surface area contributed by atoms with E-state index in [9.17, 15) is 5.11 Å². The molecule has 0 aromatic carbocycles. The van der Waals surface area contributed by atoms with Gasteiger partial charge in [-0.1, -0.05) is 20.8 Å². The van der Waals surface area contributed by atoms with Gasteiger partial charge in [-0.25, -0.2) is 4.98 Å². The zero-order valence-corrected chi connectivity index (χ0v) is 12.3. The Hall–Kier alpha value is -0.650. The molecule has 0 bridgehead atoms. The van der Waals surface area contributed by atoms with E-state index in [1.165, 1.54) is 0 Å². The fourth-order valence-electron chi connectivity index (χ4n) is 1.39. The number of aromatic nitrogens is 1. The van der Waals surface area contributed by atoms with Crippen molar-refractivity contribution in [2.45, 2.75) is 32.3 Å². The van der Waals surface area contributed by atoms with Crippen LogP contribution in [0.3, 0.4) is 0 Å². The SMILES string of the molecule is CC(C)(C)c1nc(C(O)c2occc2Br)cs1. The topological polar surface area (TPSA) is 46.3 Å². The molecule has 2 aromatic heterocycles. The highest BCUT2D eigenvalue weighted by Gasteiger charge is 2.23. The quantitative estimate of drug-likeness (QED) is 0.914. The van der Waals surface area contributed by atoms with Crippen LogP contribution in [0.4, 0.5) is 0 Å². The van der Waals surface area contributed by atoms with E-state index in [2.05, 4.69) is 41.7 Å². The predicted molar refractivity (Wildman–Crippen MR) is 71.3 cm³/mol. The molecule has 0 spiro atoms. The first-order valence-electron chi connectivity index (χ1n) is 5.26. The first-order chi connectivity index (χ1) is 7.89. The minimum Gasteiger partial charge on any atom is -0.465 e. The van der Waals surface area contributed by atoms with E-state index in [0.717, 1.165) is 9.48 Å². The van der Waals surface area contributed by atoms with E-state index in [0.29, 0.717) is 11.5 Å². The molecule has 0 radical (unpaired) electrons. The normalized spacial score (nSPS) is 13.9. The third kappa shape index (κ3) is 2.61. The van der Waals surface area contributed by atoms with Crippen LogP contribution in [0.5, 0.6) is 0 Å². The van der Waals surface area contributed by atoms with Gasteiger partial charge < -0.3 is 9.52 Å². The summed E-state index contributed by atoms with van der Waals surface area (Å²) in [6, 6.07) is 1.76. The van der Waals surface area contributed by atoms with Crippen molar-refractivity contribution in [2.75, 3.05) is 0 Å². The summed E-state index contributed by atoms with van der Waals surface area (Å²) in [6.45, 7) is 6.31. The second-order valence-electron chi connectivity index (χ2n) is 4.86. The summed E-state index contributed by atoms with van der Waals surface area (Å²) in [6.07, 6.45) is 0.728. The van der Waals surface area contributed by atoms with Gasteiger partial charge in [-0.3, -0.25) is 0 Å². The Labute approximate surface area is 113 Å². The van der Waals surface area contributed by atoms with Crippen LogP contribution in [0.1, 0.15) is 43.3 Å². The molecule has 0 aliphatic heterocycles. The number of rotatable bonds is 2. The highest BCUT2D eigenvalue weighted by molar-refractivity contribution is 9.10. The van der Waals surface area contributed by atoms with Crippen molar-refractivity contribution in [3.63, 3.8) is 0 Å². The molecular formula is C12H14BrNO2S. The summed E-state index contributed by atoms with van der Waals surface area (Å²) in [5.41, 5.74) is 0.638. The summed E-state index contributed by atoms with van der Waals surface area (Å²) in [4.78, 5) is 4.47. The van der Waals surface area contributed by atoms with E-state index >= 15 is 0 Å². The second kappa shape index (κ2) is 4.55. The molecule has 3 nitrogen and oxygen atoms in total. The number of furan rings is 1. The van der Waals surface area contributed by atoms with Gasteiger partial charge in [0.25, 0.3) is 0 Å². The molecule has 0 saturated heterocycles. The fraction of sp³-hybridized carbons (Fsp3) is 0.417. The maximum Gasteiger partial charge on any atom is 0.155 e. The Morgan fingerprint density at radius 1 is 1.47 bits per heavy atom. The molecule has 1 unspecified atom stereocenters. The number of hydrogen-bond acceptors (Lipinski definition) is 4. The van der Waals surface area contributed by atoms with Gasteiger partial charge in [-0.15, -0.1) is 11.3 Å². The largest absolute Gasteiger partial charge is 0.465 e. The van der Waals surface area contributed by atoms with E-state index in [1.54, 1.807) is 23.7 Å². The number of nitrogens with zero attached hydrogens (tertiary/aromatic N) is 1. The molecule has 2 heterocycles. The molecule has 0 aliphatic rings. The Kier molecular flexibility index (Phi) is 3.43. The smallest absolute Gasteiger partial charge is 0.155 e. The molecule has 0 amide bonds. The fourth-order valence-corrected chi connectivity index (χ4v) is 2.73. The third-order valence-electron chi connectivity index (χ3n) is 2.34. The lowest BCUT2D eigenvalue weighted by molar-refractivity contribution is 0.184. The van der Waals surface area contributed by atoms with E-state index in [4.69, 9.17) is 4.42 Å². The maximum absolute atomic E-state index is 10.2. The molecule has 0 aliphatic carbocycles. The number of aliphatic hydroxyl groups is 1. The molecule has 2 rings (SSSR count). The lowest BCUT2D eigenvalue weighted by Crippen LogP contribution is -2.11. The van der Waals surface area contributed by atoms with Crippen molar-refractivity contribution in [3.05, 3.63) is 38.6 Å². The summed E-state index contributed by atoms with van der Waals surface area (Å²) >= 11 is 4.89. The van der Waals surface area contributed by atoms with Gasteiger partial charge in [0.1, 0.15) is 0 Å². The molecule has 5 heteroatoms. The maximum atomic E-state index is 10.2. The summed E-state index contributed by atoms with van der Waals surface area (Å²) in [7, 11) is 0. The first kappa shape index (κ1) is 12.8. The van der Waals surface area contributed by atoms with Crippen LogP contribution in [-0.2, 0) is 5.41 Å². The van der Waals surface area contributed by atoms with E-state index < -0.39 is 6.10 Å². The lowest BCUT2D eigenvalue weighted by atomic mass is 9.98. The zero-order chi connectivity index (χ0) is 12.6. The average Bonchev–Trinajstić information content (AvgIpc) is 2.83. The van der Waals surface area contributed by atoms with Crippen LogP contribution < -0.4 is 0 Å². The molecular weight excluding hydrogens is 302 g/mol. The molecule has 2 aromatic rings. The van der Waals surface area contributed by atoms with Gasteiger partial charge in [0.2, 0.25) is 0 Å². The Balaban J connectivity index is 2.30. The van der Waals surface area contributed by atoms with Gasteiger partial charge in [-0.2, -0.15) is 0 Å². The van der Waals surface area contributed by atoms with Crippen LogP contribution >= 0.6 is 27.3 Å². The Morgan fingerprint density at radius 2 is 2.18 bits per heavy atom. The molecule has 0 saturated carbocycles. The number of halogens is 1. The highest BCUT2D eigenvalue weighted by atomic mass is 79.9. The molecule has 1 atom stereocenters. The van der Waals surface area contributed by atoms with Crippen LogP contribution in [0.25, 0.3) is 0 Å². The standard InChI is InChI=1S/C12H14BrNO2S/c1-12(2,3)11-14-8(6-17-11)9(15)10-7(13)4-5-16-10/h4-6,9,15H,1-3H3. The van der Waals surface area contributed by atoms with Crippen molar-refractivity contribution in [2.24, 2.45) is 0 Å². The molecule has 17 heavy (non-hydrogen) atoms. The van der Waals surface area contributed by atoms with Gasteiger partial charge >= 0.3 is 0 Å². The average molecular weight is 316 g/mol. The van der Waals surface area contributed by atoms with Crippen molar-refractivity contribution in [3.8, 4) is 0 Å².